The van der Waals surface area contributed by atoms with Gasteiger partial charge in [-0.15, -0.1) is 0 Å². The SMILES string of the molecule is CCCCOc1ccc(N2CC(C(=O)OC)CC2=O)cc1. The molecule has 1 aromatic carbocycles. The molecule has 1 aliphatic heterocycles. The maximum Gasteiger partial charge on any atom is 0.311 e. The van der Waals surface area contributed by atoms with E-state index in [2.05, 4.69) is 6.92 Å². The quantitative estimate of drug-likeness (QED) is 0.596. The topological polar surface area (TPSA) is 55.8 Å². The van der Waals surface area contributed by atoms with E-state index in [0.717, 1.165) is 24.3 Å². The van der Waals surface area contributed by atoms with E-state index >= 15 is 0 Å². The number of nitrogens with zero attached hydrogens (tertiary/aromatic N) is 1. The lowest BCUT2D eigenvalue weighted by atomic mass is 10.1. The van der Waals surface area contributed by atoms with Crippen molar-refractivity contribution in [3.63, 3.8) is 0 Å². The molecule has 1 atom stereocenters. The zero-order valence-corrected chi connectivity index (χ0v) is 12.5. The van der Waals surface area contributed by atoms with Crippen molar-refractivity contribution in [2.45, 2.75) is 26.2 Å². The Morgan fingerprint density at radius 2 is 2.05 bits per heavy atom. The Morgan fingerprint density at radius 3 is 2.67 bits per heavy atom. The molecule has 21 heavy (non-hydrogen) atoms. The van der Waals surface area contributed by atoms with Crippen LogP contribution in [0.3, 0.4) is 0 Å². The fourth-order valence-corrected chi connectivity index (χ4v) is 2.34. The highest BCUT2D eigenvalue weighted by Crippen LogP contribution is 2.27. The van der Waals surface area contributed by atoms with Crippen LogP contribution in [0.15, 0.2) is 24.3 Å². The molecule has 0 N–H and O–H groups in total. The summed E-state index contributed by atoms with van der Waals surface area (Å²) >= 11 is 0. The van der Waals surface area contributed by atoms with Gasteiger partial charge in [0, 0.05) is 18.7 Å². The molecule has 1 heterocycles. The van der Waals surface area contributed by atoms with Crippen LogP contribution >= 0.6 is 0 Å². The largest absolute Gasteiger partial charge is 0.494 e. The predicted molar refractivity (Wildman–Crippen MR) is 79.3 cm³/mol. The normalized spacial score (nSPS) is 17.9. The molecular formula is C16H21NO4. The minimum Gasteiger partial charge on any atom is -0.494 e. The number of methoxy groups -OCH3 is 1. The minimum absolute atomic E-state index is 0.0509. The van der Waals surface area contributed by atoms with Crippen LogP contribution in [0.5, 0.6) is 5.75 Å². The second-order valence-corrected chi connectivity index (χ2v) is 5.12. The number of rotatable bonds is 6. The first-order chi connectivity index (χ1) is 10.2. The summed E-state index contributed by atoms with van der Waals surface area (Å²) in [6, 6.07) is 7.39. The monoisotopic (exact) mass is 291 g/mol. The van der Waals surface area contributed by atoms with Gasteiger partial charge in [-0.3, -0.25) is 9.59 Å². The van der Waals surface area contributed by atoms with E-state index in [-0.39, 0.29) is 24.2 Å². The van der Waals surface area contributed by atoms with Gasteiger partial charge in [-0.25, -0.2) is 0 Å². The van der Waals surface area contributed by atoms with Gasteiger partial charge in [-0.05, 0) is 30.7 Å². The molecule has 5 nitrogen and oxygen atoms in total. The van der Waals surface area contributed by atoms with Crippen LogP contribution < -0.4 is 9.64 Å². The molecule has 0 saturated carbocycles. The lowest BCUT2D eigenvalue weighted by Gasteiger charge is -2.17. The lowest BCUT2D eigenvalue weighted by molar-refractivity contribution is -0.145. The Kier molecular flexibility index (Phi) is 5.20. The molecule has 0 aromatic heterocycles. The van der Waals surface area contributed by atoms with Gasteiger partial charge in [0.25, 0.3) is 0 Å². The minimum atomic E-state index is -0.372. The third kappa shape index (κ3) is 3.74. The Labute approximate surface area is 124 Å². The number of benzene rings is 1. The zero-order chi connectivity index (χ0) is 15.2. The fourth-order valence-electron chi connectivity index (χ4n) is 2.34. The Morgan fingerprint density at radius 1 is 1.33 bits per heavy atom. The maximum atomic E-state index is 12.0. The van der Waals surface area contributed by atoms with Crippen molar-refractivity contribution in [1.29, 1.82) is 0 Å². The van der Waals surface area contributed by atoms with Crippen molar-refractivity contribution in [3.8, 4) is 5.75 Å². The van der Waals surface area contributed by atoms with Crippen molar-refractivity contribution in [3.05, 3.63) is 24.3 Å². The molecule has 114 valence electrons. The van der Waals surface area contributed by atoms with E-state index in [9.17, 15) is 9.59 Å². The molecule has 5 heteroatoms. The molecule has 0 spiro atoms. The van der Waals surface area contributed by atoms with E-state index in [1.807, 2.05) is 24.3 Å². The van der Waals surface area contributed by atoms with Crippen molar-refractivity contribution in [2.75, 3.05) is 25.2 Å². The summed E-state index contributed by atoms with van der Waals surface area (Å²) in [5, 5.41) is 0. The summed E-state index contributed by atoms with van der Waals surface area (Å²) in [6.07, 6.45) is 2.32. The van der Waals surface area contributed by atoms with Crippen LogP contribution in [0.25, 0.3) is 0 Å². The molecule has 1 amide bonds. The Bertz CT molecular complexity index is 498. The molecule has 1 unspecified atom stereocenters. The van der Waals surface area contributed by atoms with Gasteiger partial charge >= 0.3 is 5.97 Å². The highest BCUT2D eigenvalue weighted by molar-refractivity contribution is 5.99. The van der Waals surface area contributed by atoms with E-state index in [0.29, 0.717) is 13.2 Å². The van der Waals surface area contributed by atoms with E-state index < -0.39 is 0 Å². The first-order valence-electron chi connectivity index (χ1n) is 7.26. The number of anilines is 1. The molecular weight excluding hydrogens is 270 g/mol. The molecule has 1 fully saturated rings. The van der Waals surface area contributed by atoms with Gasteiger partial charge in [0.05, 0.1) is 19.6 Å². The fraction of sp³-hybridized carbons (Fsp3) is 0.500. The van der Waals surface area contributed by atoms with Gasteiger partial charge in [0.1, 0.15) is 5.75 Å². The maximum absolute atomic E-state index is 12.0. The van der Waals surface area contributed by atoms with Crippen LogP contribution in [-0.2, 0) is 14.3 Å². The first-order valence-corrected chi connectivity index (χ1v) is 7.26. The summed E-state index contributed by atoms with van der Waals surface area (Å²) in [4.78, 5) is 25.1. The summed E-state index contributed by atoms with van der Waals surface area (Å²) in [7, 11) is 1.35. The second-order valence-electron chi connectivity index (χ2n) is 5.12. The molecule has 1 saturated heterocycles. The number of unbranched alkanes of at least 4 members (excludes halogenated alkanes) is 1. The number of hydrogen-bond acceptors (Lipinski definition) is 4. The number of carbonyl (C=O) groups excluding carboxylic acids is 2. The van der Waals surface area contributed by atoms with Crippen molar-refractivity contribution in [2.24, 2.45) is 5.92 Å². The molecule has 0 bridgehead atoms. The average molecular weight is 291 g/mol. The van der Waals surface area contributed by atoms with Crippen molar-refractivity contribution in [1.82, 2.24) is 0 Å². The number of hydrogen-bond donors (Lipinski definition) is 0. The van der Waals surface area contributed by atoms with E-state index in [4.69, 9.17) is 9.47 Å². The van der Waals surface area contributed by atoms with Gasteiger partial charge in [0.2, 0.25) is 5.91 Å². The van der Waals surface area contributed by atoms with Crippen LogP contribution in [0, 0.1) is 5.92 Å². The van der Waals surface area contributed by atoms with Crippen LogP contribution in [0.2, 0.25) is 0 Å². The molecule has 1 aliphatic rings. The standard InChI is InChI=1S/C16H21NO4/c1-3-4-9-21-14-7-5-13(6-8-14)17-11-12(10-15(17)18)16(19)20-2/h5-8,12H,3-4,9-11H2,1-2H3. The zero-order valence-electron chi connectivity index (χ0n) is 12.5. The van der Waals surface area contributed by atoms with Gasteiger partial charge in [0.15, 0.2) is 0 Å². The average Bonchev–Trinajstić information content (AvgIpc) is 2.89. The Hall–Kier alpha value is -2.04. The van der Waals surface area contributed by atoms with Gasteiger partial charge in [-0.1, -0.05) is 13.3 Å². The highest BCUT2D eigenvalue weighted by atomic mass is 16.5. The van der Waals surface area contributed by atoms with Crippen molar-refractivity contribution < 1.29 is 19.1 Å². The molecule has 2 rings (SSSR count). The number of esters is 1. The number of amides is 1. The summed E-state index contributed by atoms with van der Waals surface area (Å²) in [5.74, 6) is 0.0433. The van der Waals surface area contributed by atoms with Crippen molar-refractivity contribution >= 4 is 17.6 Å². The highest BCUT2D eigenvalue weighted by Gasteiger charge is 2.35. The first kappa shape index (κ1) is 15.4. The second kappa shape index (κ2) is 7.11. The third-order valence-corrected chi connectivity index (χ3v) is 3.57. The Balaban J connectivity index is 1.98. The molecule has 0 aliphatic carbocycles. The molecule has 1 aromatic rings. The predicted octanol–water partition coefficient (Wildman–Crippen LogP) is 2.39. The van der Waals surface area contributed by atoms with Gasteiger partial charge in [-0.2, -0.15) is 0 Å². The van der Waals surface area contributed by atoms with E-state index in [1.54, 1.807) is 4.90 Å². The van der Waals surface area contributed by atoms with Gasteiger partial charge < -0.3 is 14.4 Å². The summed E-state index contributed by atoms with van der Waals surface area (Å²) in [6.45, 7) is 3.19. The molecule has 0 radical (unpaired) electrons. The summed E-state index contributed by atoms with van der Waals surface area (Å²) in [5.41, 5.74) is 0.786. The number of ether oxygens (including phenoxy) is 2. The number of carbonyl (C=O) groups is 2. The summed E-state index contributed by atoms with van der Waals surface area (Å²) < 4.78 is 10.3. The van der Waals surface area contributed by atoms with Crippen LogP contribution in [0.4, 0.5) is 5.69 Å². The smallest absolute Gasteiger partial charge is 0.311 e. The lowest BCUT2D eigenvalue weighted by Crippen LogP contribution is -2.26. The van der Waals surface area contributed by atoms with Crippen LogP contribution in [0.1, 0.15) is 26.2 Å². The van der Waals surface area contributed by atoms with Crippen LogP contribution in [-0.4, -0.2) is 32.1 Å². The third-order valence-electron chi connectivity index (χ3n) is 3.57. The van der Waals surface area contributed by atoms with E-state index in [1.165, 1.54) is 7.11 Å².